The monoisotopic (exact) mass is 263 g/mol. The Morgan fingerprint density at radius 1 is 1.22 bits per heavy atom. The molecule has 0 radical (unpaired) electrons. The van der Waals surface area contributed by atoms with Crippen LogP contribution in [0, 0.1) is 17.8 Å². The fourth-order valence-corrected chi connectivity index (χ4v) is 4.08. The van der Waals surface area contributed by atoms with Gasteiger partial charge < -0.3 is 5.32 Å². The highest BCUT2D eigenvalue weighted by Crippen LogP contribution is 2.36. The number of thiophene rings is 1. The van der Waals surface area contributed by atoms with Crippen molar-refractivity contribution in [3.8, 4) is 0 Å². The van der Waals surface area contributed by atoms with Crippen LogP contribution >= 0.6 is 11.3 Å². The highest BCUT2D eigenvalue weighted by atomic mass is 32.1. The maximum atomic E-state index is 3.75. The zero-order valence-electron chi connectivity index (χ0n) is 11.4. The van der Waals surface area contributed by atoms with E-state index in [9.17, 15) is 0 Å². The molecule has 3 rings (SSSR count). The Balaban J connectivity index is 1.57. The van der Waals surface area contributed by atoms with Crippen LogP contribution in [0.5, 0.6) is 0 Å². The second kappa shape index (κ2) is 5.75. The summed E-state index contributed by atoms with van der Waals surface area (Å²) < 4.78 is 0. The van der Waals surface area contributed by atoms with E-state index in [0.717, 1.165) is 23.8 Å². The summed E-state index contributed by atoms with van der Waals surface area (Å²) in [7, 11) is 0. The van der Waals surface area contributed by atoms with Gasteiger partial charge in [0.1, 0.15) is 0 Å². The van der Waals surface area contributed by atoms with E-state index in [0.29, 0.717) is 0 Å². The predicted molar refractivity (Wildman–Crippen MR) is 79.0 cm³/mol. The van der Waals surface area contributed by atoms with Crippen molar-refractivity contribution in [1.82, 2.24) is 5.32 Å². The molecule has 0 saturated heterocycles. The van der Waals surface area contributed by atoms with Crippen molar-refractivity contribution in [3.63, 3.8) is 0 Å². The molecule has 0 aliphatic heterocycles. The summed E-state index contributed by atoms with van der Waals surface area (Å²) in [5.41, 5.74) is 1.57. The van der Waals surface area contributed by atoms with Gasteiger partial charge in [-0.15, -0.1) is 0 Å². The molecular weight excluding hydrogens is 238 g/mol. The molecule has 18 heavy (non-hydrogen) atoms. The molecule has 3 atom stereocenters. The van der Waals surface area contributed by atoms with Gasteiger partial charge in [-0.25, -0.2) is 0 Å². The van der Waals surface area contributed by atoms with Gasteiger partial charge >= 0.3 is 0 Å². The fraction of sp³-hybridized carbons (Fsp3) is 0.750. The summed E-state index contributed by atoms with van der Waals surface area (Å²) in [6, 6.07) is 3.18. The van der Waals surface area contributed by atoms with E-state index >= 15 is 0 Å². The highest BCUT2D eigenvalue weighted by molar-refractivity contribution is 7.07. The number of hydrogen-bond donors (Lipinski definition) is 1. The van der Waals surface area contributed by atoms with Crippen LogP contribution in [0.15, 0.2) is 16.8 Å². The summed E-state index contributed by atoms with van der Waals surface area (Å²) in [4.78, 5) is 0. The second-order valence-electron chi connectivity index (χ2n) is 6.46. The molecule has 100 valence electrons. The zero-order chi connectivity index (χ0) is 12.4. The van der Waals surface area contributed by atoms with Gasteiger partial charge in [-0.1, -0.05) is 13.3 Å². The molecule has 3 unspecified atom stereocenters. The first-order chi connectivity index (χ1) is 8.81. The summed E-state index contributed by atoms with van der Waals surface area (Å²) >= 11 is 1.84. The summed E-state index contributed by atoms with van der Waals surface area (Å²) in [6.45, 7) is 3.71. The minimum Gasteiger partial charge on any atom is -0.314 e. The van der Waals surface area contributed by atoms with Crippen molar-refractivity contribution in [2.24, 2.45) is 17.8 Å². The first kappa shape index (κ1) is 12.7. The van der Waals surface area contributed by atoms with E-state index < -0.39 is 0 Å². The van der Waals surface area contributed by atoms with Gasteiger partial charge in [0.05, 0.1) is 0 Å². The molecule has 1 aromatic rings. The van der Waals surface area contributed by atoms with Crippen molar-refractivity contribution in [2.75, 3.05) is 6.54 Å². The number of hydrogen-bond acceptors (Lipinski definition) is 2. The maximum absolute atomic E-state index is 3.75. The second-order valence-corrected chi connectivity index (χ2v) is 7.24. The van der Waals surface area contributed by atoms with E-state index in [1.54, 1.807) is 5.56 Å². The molecule has 1 nitrogen and oxygen atoms in total. The molecule has 2 aliphatic carbocycles. The van der Waals surface area contributed by atoms with Crippen LogP contribution in [0.4, 0.5) is 0 Å². The quantitative estimate of drug-likeness (QED) is 0.843. The molecule has 1 heterocycles. The predicted octanol–water partition coefficient (Wildman–Crippen LogP) is 4.10. The third-order valence-corrected chi connectivity index (χ3v) is 5.46. The molecule has 2 fully saturated rings. The van der Waals surface area contributed by atoms with Gasteiger partial charge in [-0.2, -0.15) is 11.3 Å². The van der Waals surface area contributed by atoms with Gasteiger partial charge in [0, 0.05) is 6.04 Å². The molecule has 0 spiro atoms. The van der Waals surface area contributed by atoms with Gasteiger partial charge in [-0.05, 0) is 78.8 Å². The van der Waals surface area contributed by atoms with E-state index in [1.165, 1.54) is 45.1 Å². The van der Waals surface area contributed by atoms with Crippen molar-refractivity contribution < 1.29 is 0 Å². The van der Waals surface area contributed by atoms with Gasteiger partial charge in [0.2, 0.25) is 0 Å². The molecule has 1 aromatic heterocycles. The van der Waals surface area contributed by atoms with E-state index in [2.05, 4.69) is 29.1 Å². The first-order valence-electron chi connectivity index (χ1n) is 7.55. The SMILES string of the molecule is CC1CCC(CNC2CC2)C(Cc2ccsc2)C1. The molecule has 2 saturated carbocycles. The molecule has 2 heteroatoms. The highest BCUT2D eigenvalue weighted by Gasteiger charge is 2.30. The standard InChI is InChI=1S/C16H25NS/c1-12-2-3-14(10-17-16-4-5-16)15(8-12)9-13-6-7-18-11-13/h6-7,11-12,14-17H,2-5,8-10H2,1H3. The number of rotatable bonds is 5. The zero-order valence-corrected chi connectivity index (χ0v) is 12.2. The Hall–Kier alpha value is -0.340. The van der Waals surface area contributed by atoms with Gasteiger partial charge in [0.15, 0.2) is 0 Å². The van der Waals surface area contributed by atoms with E-state index in [4.69, 9.17) is 0 Å². The lowest BCUT2D eigenvalue weighted by molar-refractivity contribution is 0.183. The van der Waals surface area contributed by atoms with Crippen molar-refractivity contribution >= 4 is 11.3 Å². The van der Waals surface area contributed by atoms with E-state index in [-0.39, 0.29) is 0 Å². The minimum atomic E-state index is 0.867. The lowest BCUT2D eigenvalue weighted by atomic mass is 9.72. The fourth-order valence-electron chi connectivity index (χ4n) is 3.40. The van der Waals surface area contributed by atoms with Gasteiger partial charge in [0.25, 0.3) is 0 Å². The average Bonchev–Trinajstić information content (AvgIpc) is 3.05. The van der Waals surface area contributed by atoms with Crippen LogP contribution in [-0.4, -0.2) is 12.6 Å². The minimum absolute atomic E-state index is 0.867. The Morgan fingerprint density at radius 3 is 2.83 bits per heavy atom. The molecule has 2 aliphatic rings. The maximum Gasteiger partial charge on any atom is 0.00683 e. The normalized spacial score (nSPS) is 32.6. The smallest absolute Gasteiger partial charge is 0.00683 e. The Morgan fingerprint density at radius 2 is 2.11 bits per heavy atom. The topological polar surface area (TPSA) is 12.0 Å². The molecular formula is C16H25NS. The third-order valence-electron chi connectivity index (χ3n) is 4.73. The van der Waals surface area contributed by atoms with Crippen LogP contribution in [-0.2, 0) is 6.42 Å². The Bertz CT molecular complexity index is 355. The van der Waals surface area contributed by atoms with Gasteiger partial charge in [-0.3, -0.25) is 0 Å². The van der Waals surface area contributed by atoms with Crippen LogP contribution < -0.4 is 5.32 Å². The summed E-state index contributed by atoms with van der Waals surface area (Å²) in [6.07, 6.45) is 8.46. The van der Waals surface area contributed by atoms with E-state index in [1.807, 2.05) is 11.3 Å². The van der Waals surface area contributed by atoms with Crippen LogP contribution in [0.3, 0.4) is 0 Å². The van der Waals surface area contributed by atoms with Crippen molar-refractivity contribution in [3.05, 3.63) is 22.4 Å². The summed E-state index contributed by atoms with van der Waals surface area (Å²) in [5.74, 6) is 2.77. The average molecular weight is 263 g/mol. The largest absolute Gasteiger partial charge is 0.314 e. The number of nitrogens with one attached hydrogen (secondary N) is 1. The molecule has 0 bridgehead atoms. The van der Waals surface area contributed by atoms with Crippen LogP contribution in [0.2, 0.25) is 0 Å². The molecule has 0 aromatic carbocycles. The van der Waals surface area contributed by atoms with Crippen molar-refractivity contribution in [2.45, 2.75) is 51.5 Å². The third kappa shape index (κ3) is 3.36. The molecule has 0 amide bonds. The molecule has 1 N–H and O–H groups in total. The lowest BCUT2D eigenvalue weighted by Gasteiger charge is -2.35. The van der Waals surface area contributed by atoms with Crippen LogP contribution in [0.1, 0.15) is 44.6 Å². The first-order valence-corrected chi connectivity index (χ1v) is 8.50. The summed E-state index contributed by atoms with van der Waals surface area (Å²) in [5, 5.41) is 8.31. The Kier molecular flexibility index (Phi) is 4.05. The van der Waals surface area contributed by atoms with Crippen LogP contribution in [0.25, 0.3) is 0 Å². The Labute approximate surface area is 115 Å². The lowest BCUT2D eigenvalue weighted by Crippen LogP contribution is -2.34. The van der Waals surface area contributed by atoms with Crippen molar-refractivity contribution in [1.29, 1.82) is 0 Å².